The monoisotopic (exact) mass is 251 g/mol. The van der Waals surface area contributed by atoms with Crippen LogP contribution in [0.15, 0.2) is 60.9 Å². The molecule has 0 amide bonds. The van der Waals surface area contributed by atoms with Crippen LogP contribution in [0.3, 0.4) is 0 Å². The van der Waals surface area contributed by atoms with Crippen molar-refractivity contribution in [2.75, 3.05) is 0 Å². The quantitative estimate of drug-likeness (QED) is 0.629. The summed E-state index contributed by atoms with van der Waals surface area (Å²) >= 11 is 0. The van der Waals surface area contributed by atoms with E-state index in [9.17, 15) is 0 Å². The van der Waals surface area contributed by atoms with E-state index in [1.165, 1.54) is 16.6 Å². The van der Waals surface area contributed by atoms with Gasteiger partial charge in [0.05, 0.1) is 6.54 Å². The summed E-state index contributed by atoms with van der Waals surface area (Å²) in [5.41, 5.74) is 3.96. The van der Waals surface area contributed by atoms with Gasteiger partial charge in [-0.05, 0) is 24.1 Å². The molecule has 2 nitrogen and oxygen atoms in total. The highest BCUT2D eigenvalue weighted by atomic mass is 15.1. The molecular weight excluding hydrogens is 232 g/mol. The van der Waals surface area contributed by atoms with Crippen LogP contribution in [0.5, 0.6) is 0 Å². The molecule has 96 valence electrons. The highest BCUT2D eigenvalue weighted by Gasteiger charge is 2.14. The van der Waals surface area contributed by atoms with Crippen LogP contribution in [0.1, 0.15) is 18.9 Å². The third kappa shape index (κ3) is 2.39. The Balaban J connectivity index is 2.03. The predicted octanol–water partition coefficient (Wildman–Crippen LogP) is 3.39. The van der Waals surface area contributed by atoms with Crippen molar-refractivity contribution in [2.45, 2.75) is 26.4 Å². The van der Waals surface area contributed by atoms with Crippen molar-refractivity contribution in [1.82, 2.24) is 4.57 Å². The lowest BCUT2D eigenvalue weighted by Gasteiger charge is -1.97. The van der Waals surface area contributed by atoms with Gasteiger partial charge in [0.2, 0.25) is 6.33 Å². The molecule has 0 radical (unpaired) electrons. The van der Waals surface area contributed by atoms with E-state index in [2.05, 4.69) is 77.0 Å². The van der Waals surface area contributed by atoms with Gasteiger partial charge in [-0.1, -0.05) is 49.4 Å². The number of aryl methyl sites for hydroxylation is 1. The maximum atomic E-state index is 2.35. The number of para-hydroxylation sites is 2. The fourth-order valence-electron chi connectivity index (χ4n) is 2.57. The second kappa shape index (κ2) is 5.27. The maximum absolute atomic E-state index is 2.35. The Kier molecular flexibility index (Phi) is 3.32. The van der Waals surface area contributed by atoms with Crippen LogP contribution in [0.4, 0.5) is 0 Å². The van der Waals surface area contributed by atoms with Gasteiger partial charge >= 0.3 is 0 Å². The van der Waals surface area contributed by atoms with E-state index >= 15 is 0 Å². The van der Waals surface area contributed by atoms with E-state index in [1.807, 2.05) is 0 Å². The first kappa shape index (κ1) is 12.0. The number of benzene rings is 2. The lowest BCUT2D eigenvalue weighted by atomic mass is 10.2. The van der Waals surface area contributed by atoms with Crippen LogP contribution in [-0.2, 0) is 13.1 Å². The standard InChI is InChI=1S/C17H19N2/c1-2-12-18-14-19(13-15-8-4-3-5-9-15)17-11-7-6-10-16(17)18/h3-11,14H,2,12-13H2,1H3/q+1. The Morgan fingerprint density at radius 1 is 0.947 bits per heavy atom. The normalized spacial score (nSPS) is 11.0. The lowest BCUT2D eigenvalue weighted by molar-refractivity contribution is -0.663. The van der Waals surface area contributed by atoms with Gasteiger partial charge in [-0.25, -0.2) is 9.13 Å². The molecule has 1 heterocycles. The second-order valence-electron chi connectivity index (χ2n) is 4.91. The molecule has 2 heteroatoms. The number of hydrogen-bond donors (Lipinski definition) is 0. The van der Waals surface area contributed by atoms with Gasteiger partial charge < -0.3 is 0 Å². The van der Waals surface area contributed by atoms with E-state index in [0.717, 1.165) is 19.5 Å². The summed E-state index contributed by atoms with van der Waals surface area (Å²) in [6, 6.07) is 19.2. The van der Waals surface area contributed by atoms with Crippen molar-refractivity contribution in [2.24, 2.45) is 0 Å². The van der Waals surface area contributed by atoms with Crippen molar-refractivity contribution < 1.29 is 4.57 Å². The Labute approximate surface area is 113 Å². The molecule has 0 unspecified atom stereocenters. The summed E-state index contributed by atoms with van der Waals surface area (Å²) in [6.07, 6.45) is 3.39. The first-order valence-corrected chi connectivity index (χ1v) is 6.89. The number of aromatic nitrogens is 2. The van der Waals surface area contributed by atoms with Crippen LogP contribution >= 0.6 is 0 Å². The van der Waals surface area contributed by atoms with Crippen LogP contribution in [0.25, 0.3) is 11.0 Å². The number of hydrogen-bond acceptors (Lipinski definition) is 0. The summed E-state index contributed by atoms with van der Waals surface area (Å²) in [5.74, 6) is 0. The lowest BCUT2D eigenvalue weighted by Crippen LogP contribution is -2.32. The smallest absolute Gasteiger partial charge is 0.230 e. The summed E-state index contributed by atoms with van der Waals surface area (Å²) in [5, 5.41) is 0. The number of imidazole rings is 1. The molecule has 0 atom stereocenters. The fraction of sp³-hybridized carbons (Fsp3) is 0.235. The zero-order valence-electron chi connectivity index (χ0n) is 11.3. The summed E-state index contributed by atoms with van der Waals surface area (Å²) in [7, 11) is 0. The van der Waals surface area contributed by atoms with Gasteiger partial charge in [-0.2, -0.15) is 0 Å². The molecule has 0 aliphatic rings. The minimum absolute atomic E-state index is 0.929. The molecule has 0 fully saturated rings. The van der Waals surface area contributed by atoms with Gasteiger partial charge in [-0.15, -0.1) is 0 Å². The van der Waals surface area contributed by atoms with Crippen molar-refractivity contribution >= 4 is 11.0 Å². The molecule has 2 aromatic carbocycles. The molecule has 19 heavy (non-hydrogen) atoms. The van der Waals surface area contributed by atoms with Crippen molar-refractivity contribution in [3.63, 3.8) is 0 Å². The summed E-state index contributed by atoms with van der Waals surface area (Å²) in [6.45, 7) is 4.22. The van der Waals surface area contributed by atoms with Crippen LogP contribution in [0.2, 0.25) is 0 Å². The van der Waals surface area contributed by atoms with Crippen molar-refractivity contribution in [3.05, 3.63) is 66.5 Å². The number of fused-ring (bicyclic) bond motifs is 1. The van der Waals surface area contributed by atoms with E-state index in [0.29, 0.717) is 0 Å². The average Bonchev–Trinajstić information content (AvgIpc) is 2.79. The molecule has 1 aromatic heterocycles. The van der Waals surface area contributed by atoms with Crippen LogP contribution in [0, 0.1) is 0 Å². The fourth-order valence-corrected chi connectivity index (χ4v) is 2.57. The van der Waals surface area contributed by atoms with Crippen LogP contribution < -0.4 is 4.57 Å². The zero-order valence-corrected chi connectivity index (χ0v) is 11.3. The molecule has 0 N–H and O–H groups in total. The third-order valence-electron chi connectivity index (χ3n) is 3.44. The maximum Gasteiger partial charge on any atom is 0.245 e. The highest BCUT2D eigenvalue weighted by molar-refractivity contribution is 5.71. The Hall–Kier alpha value is -2.09. The summed E-state index contributed by atoms with van der Waals surface area (Å²) in [4.78, 5) is 0. The molecule has 0 spiro atoms. The molecule has 0 saturated carbocycles. The Morgan fingerprint density at radius 2 is 1.68 bits per heavy atom. The first-order chi connectivity index (χ1) is 9.38. The molecule has 0 aliphatic heterocycles. The van der Waals surface area contributed by atoms with E-state index in [4.69, 9.17) is 0 Å². The second-order valence-corrected chi connectivity index (χ2v) is 4.91. The average molecular weight is 251 g/mol. The molecule has 0 aliphatic carbocycles. The predicted molar refractivity (Wildman–Crippen MR) is 78.0 cm³/mol. The minimum atomic E-state index is 0.929. The summed E-state index contributed by atoms with van der Waals surface area (Å²) < 4.78 is 4.68. The number of nitrogens with zero attached hydrogens (tertiary/aromatic N) is 2. The van der Waals surface area contributed by atoms with Gasteiger partial charge in [0.1, 0.15) is 6.54 Å². The largest absolute Gasteiger partial charge is 0.245 e. The van der Waals surface area contributed by atoms with Gasteiger partial charge in [0.15, 0.2) is 11.0 Å². The SMILES string of the molecule is CCCn1c[n+](Cc2ccccc2)c2ccccc21. The first-order valence-electron chi connectivity index (χ1n) is 6.89. The van der Waals surface area contributed by atoms with Gasteiger partial charge in [-0.3, -0.25) is 0 Å². The minimum Gasteiger partial charge on any atom is -0.230 e. The van der Waals surface area contributed by atoms with Crippen molar-refractivity contribution in [1.29, 1.82) is 0 Å². The van der Waals surface area contributed by atoms with Crippen LogP contribution in [-0.4, -0.2) is 4.57 Å². The van der Waals surface area contributed by atoms with E-state index in [-0.39, 0.29) is 0 Å². The molecule has 3 aromatic rings. The molecule has 3 rings (SSSR count). The molecule has 0 saturated heterocycles. The Bertz CT molecular complexity index is 668. The number of rotatable bonds is 4. The highest BCUT2D eigenvalue weighted by Crippen LogP contribution is 2.12. The van der Waals surface area contributed by atoms with Gasteiger partial charge in [0, 0.05) is 0 Å². The topological polar surface area (TPSA) is 8.81 Å². The van der Waals surface area contributed by atoms with E-state index < -0.39 is 0 Å². The van der Waals surface area contributed by atoms with E-state index in [1.54, 1.807) is 0 Å². The van der Waals surface area contributed by atoms with Crippen molar-refractivity contribution in [3.8, 4) is 0 Å². The molecule has 0 bridgehead atoms. The van der Waals surface area contributed by atoms with Gasteiger partial charge in [0.25, 0.3) is 0 Å². The molecular formula is C17H19N2+. The third-order valence-corrected chi connectivity index (χ3v) is 3.44. The zero-order chi connectivity index (χ0) is 13.1. The Morgan fingerprint density at radius 3 is 2.47 bits per heavy atom.